The molecule has 0 N–H and O–H groups in total. The van der Waals surface area contributed by atoms with Crippen LogP contribution < -0.4 is 59.1 Å². The quantitative estimate of drug-likeness (QED) is 0.0807. The van der Waals surface area contributed by atoms with Crippen LogP contribution in [-0.2, 0) is 29.2 Å². The van der Waals surface area contributed by atoms with Crippen LogP contribution in [0, 0.1) is 59.7 Å². The Labute approximate surface area is 253 Å². The molecule has 0 amide bonds. The maximum Gasteiger partial charge on any atom is 1.00 e. The summed E-state index contributed by atoms with van der Waals surface area (Å²) in [6.45, 7) is -1.06. The molecule has 0 saturated carbocycles. The van der Waals surface area contributed by atoms with Gasteiger partial charge in [-0.3, -0.25) is 8.37 Å². The summed E-state index contributed by atoms with van der Waals surface area (Å²) in [6, 6.07) is 0. The third-order valence-corrected chi connectivity index (χ3v) is 4.11. The van der Waals surface area contributed by atoms with Crippen molar-refractivity contribution in [2.75, 3.05) is 6.61 Å². The largest absolute Gasteiger partial charge is 1.00 e. The number of unbranched alkanes of at least 4 members (excludes halogenated alkanes) is 5. The predicted octanol–water partition coefficient (Wildman–Crippen LogP) is -4.19. The molecule has 0 radical (unpaired) electrons. The first kappa shape index (κ1) is 38.5. The van der Waals surface area contributed by atoms with Crippen molar-refractivity contribution < 1.29 is 93.4 Å². The first-order valence-corrected chi connectivity index (χ1v) is 12.3. The van der Waals surface area contributed by atoms with E-state index in [1.165, 1.54) is 0 Å². The van der Waals surface area contributed by atoms with Crippen LogP contribution in [0.25, 0.3) is 0 Å². The molecule has 0 rings (SSSR count). The Morgan fingerprint density at radius 3 is 1.91 bits per heavy atom. The van der Waals surface area contributed by atoms with Crippen LogP contribution in [0.3, 0.4) is 0 Å². The average molecular weight is 537 g/mol. The van der Waals surface area contributed by atoms with E-state index in [0.29, 0.717) is 19.3 Å². The van der Waals surface area contributed by atoms with Gasteiger partial charge in [0.15, 0.2) is 6.10 Å². The minimum Gasteiger partial charge on any atom is -0.726 e. The number of hydrogen-bond acceptors (Lipinski definition) is 8. The second kappa shape index (κ2) is 24.7. The van der Waals surface area contributed by atoms with E-state index < -0.39 is 33.5 Å². The number of allylic oxidation sites excluding steroid dienone is 4. The zero-order chi connectivity index (χ0) is 24.8. The topological polar surface area (TPSA) is 133 Å². The van der Waals surface area contributed by atoms with Crippen molar-refractivity contribution in [2.45, 2.75) is 51.0 Å². The summed E-state index contributed by atoms with van der Waals surface area (Å²) in [6.07, 6.45) is 16.4. The molecule has 0 unspecified atom stereocenters. The molecule has 0 aliphatic rings. The van der Waals surface area contributed by atoms with Gasteiger partial charge in [0.1, 0.15) is 6.61 Å². The second-order valence-electron chi connectivity index (χ2n) is 5.94. The molecule has 176 valence electrons. The fourth-order valence-electron chi connectivity index (χ4n) is 1.87. The van der Waals surface area contributed by atoms with Gasteiger partial charge >= 0.3 is 59.1 Å². The summed E-state index contributed by atoms with van der Waals surface area (Å²) < 4.78 is 70.7. The van der Waals surface area contributed by atoms with Gasteiger partial charge in [0.05, 0.1) is 0 Å². The third-order valence-electron chi connectivity index (χ3n) is 3.22. The summed E-state index contributed by atoms with van der Waals surface area (Å²) in [7, 11) is -10.3. The molecule has 12 heteroatoms. The third kappa shape index (κ3) is 33.0. The van der Waals surface area contributed by atoms with Crippen LogP contribution in [0.2, 0.25) is 0 Å². The molecule has 1 atom stereocenters. The summed E-state index contributed by atoms with van der Waals surface area (Å²) in [4.78, 5) is 0. The zero-order valence-corrected chi connectivity index (χ0v) is 25.3. The van der Waals surface area contributed by atoms with Crippen molar-refractivity contribution in [3.63, 3.8) is 0 Å². The zero-order valence-electron chi connectivity index (χ0n) is 19.7. The molecular formula is C23H22Na2O8S2. The van der Waals surface area contributed by atoms with Gasteiger partial charge in [-0.25, -0.2) is 16.8 Å². The van der Waals surface area contributed by atoms with Gasteiger partial charge in [-0.2, -0.15) is 0 Å². The Morgan fingerprint density at radius 1 is 0.800 bits per heavy atom. The standard InChI is InChI=1S/C23H24O8S2.2Na/c1-2-3-4-5-6-7-8-9-10-11-12-13-14-15-16-17-18-19-20-21-23(31-33(27,28)29)22-30-32(24,25)26;;/h1,3-4,9-10,23H,5-8,15-17,22H2,(H,24,25,26)(H,27,28,29);;/q;2*+1/p-2/b4-3-,10-9-;;/t23-;;/m1../s1. The molecule has 0 aromatic heterocycles. The first-order chi connectivity index (χ1) is 15.6. The summed E-state index contributed by atoms with van der Waals surface area (Å²) in [5.74, 6) is 22.9. The molecule has 0 fully saturated rings. The first-order valence-electron chi connectivity index (χ1n) is 9.61. The van der Waals surface area contributed by atoms with Crippen molar-refractivity contribution in [1.82, 2.24) is 0 Å². The van der Waals surface area contributed by atoms with Gasteiger partial charge in [0, 0.05) is 12.8 Å². The summed E-state index contributed by atoms with van der Waals surface area (Å²) >= 11 is 0. The molecule has 0 aliphatic heterocycles. The van der Waals surface area contributed by atoms with Gasteiger partial charge in [-0.1, -0.05) is 41.8 Å². The fraction of sp³-hybridized carbons (Fsp3) is 0.391. The van der Waals surface area contributed by atoms with E-state index in [1.54, 1.807) is 12.2 Å². The van der Waals surface area contributed by atoms with Gasteiger partial charge in [0.25, 0.3) is 0 Å². The second-order valence-corrected chi connectivity index (χ2v) is 8.00. The number of terminal acetylenes is 1. The fourth-order valence-corrected chi connectivity index (χ4v) is 2.55. The van der Waals surface area contributed by atoms with Gasteiger partial charge in [0.2, 0.25) is 20.8 Å². The van der Waals surface area contributed by atoms with Crippen LogP contribution in [0.15, 0.2) is 24.3 Å². The van der Waals surface area contributed by atoms with Crippen molar-refractivity contribution in [3.05, 3.63) is 24.3 Å². The van der Waals surface area contributed by atoms with E-state index in [2.05, 4.69) is 61.7 Å². The summed E-state index contributed by atoms with van der Waals surface area (Å²) in [5.41, 5.74) is 0. The molecule has 0 heterocycles. The van der Waals surface area contributed by atoms with Gasteiger partial charge in [-0.15, -0.1) is 6.42 Å². The Balaban J connectivity index is -0.00000512. The molecule has 0 spiro atoms. The van der Waals surface area contributed by atoms with E-state index >= 15 is 0 Å². The van der Waals surface area contributed by atoms with Crippen molar-refractivity contribution in [2.24, 2.45) is 0 Å². The number of rotatable bonds is 12. The maximum absolute atomic E-state index is 10.6. The van der Waals surface area contributed by atoms with E-state index in [4.69, 9.17) is 6.42 Å². The SMILES string of the molecule is C#C/C=C\CCCC/C=C\C#CC#CCCCC#CC#C[C@H](COS(=O)(=O)[O-])OS(=O)(=O)[O-].[Na+].[Na+]. The van der Waals surface area contributed by atoms with E-state index in [1.807, 2.05) is 12.2 Å². The minimum absolute atomic E-state index is 0. The number of hydrogen-bond donors (Lipinski definition) is 0. The minimum atomic E-state index is -5.18. The van der Waals surface area contributed by atoms with Gasteiger partial charge < -0.3 is 9.11 Å². The van der Waals surface area contributed by atoms with Crippen LogP contribution >= 0.6 is 0 Å². The molecule has 0 aromatic carbocycles. The summed E-state index contributed by atoms with van der Waals surface area (Å²) in [5, 5.41) is 0. The van der Waals surface area contributed by atoms with Crippen LogP contribution in [0.1, 0.15) is 44.9 Å². The van der Waals surface area contributed by atoms with Gasteiger partial charge in [-0.05, 0) is 67.9 Å². The van der Waals surface area contributed by atoms with Crippen molar-refractivity contribution in [1.29, 1.82) is 0 Å². The van der Waals surface area contributed by atoms with Crippen molar-refractivity contribution >= 4 is 20.8 Å². The Morgan fingerprint density at radius 2 is 1.37 bits per heavy atom. The average Bonchev–Trinajstić information content (AvgIpc) is 2.72. The van der Waals surface area contributed by atoms with Crippen LogP contribution in [0.5, 0.6) is 0 Å². The van der Waals surface area contributed by atoms with E-state index in [9.17, 15) is 25.9 Å². The molecule has 8 nitrogen and oxygen atoms in total. The maximum atomic E-state index is 10.6. The normalized spacial score (nSPS) is 11.0. The molecule has 0 aliphatic carbocycles. The Bertz CT molecular complexity index is 1170. The van der Waals surface area contributed by atoms with Crippen LogP contribution in [-0.4, -0.2) is 38.7 Å². The Kier molecular flexibility index (Phi) is 27.2. The van der Waals surface area contributed by atoms with E-state index in [-0.39, 0.29) is 59.1 Å². The Hall–Kier alpha value is -0.980. The predicted molar refractivity (Wildman–Crippen MR) is 121 cm³/mol. The van der Waals surface area contributed by atoms with E-state index in [0.717, 1.165) is 25.7 Å². The molecule has 0 aromatic rings. The molecular weight excluding hydrogens is 514 g/mol. The van der Waals surface area contributed by atoms with Crippen molar-refractivity contribution in [3.8, 4) is 59.7 Å². The monoisotopic (exact) mass is 536 g/mol. The molecule has 0 bridgehead atoms. The van der Waals surface area contributed by atoms with Crippen LogP contribution in [0.4, 0.5) is 0 Å². The molecule has 35 heavy (non-hydrogen) atoms. The smallest absolute Gasteiger partial charge is 0.726 e. The molecule has 0 saturated heterocycles.